The molecular weight excluding hydrogens is 354 g/mol. The number of carbonyl (C=O) groups excluding carboxylic acids is 1. The topological polar surface area (TPSA) is 116 Å². The van der Waals surface area contributed by atoms with Crippen LogP contribution in [-0.2, 0) is 0 Å². The molecule has 1 aromatic carbocycles. The van der Waals surface area contributed by atoms with Crippen LogP contribution in [0.3, 0.4) is 0 Å². The fourth-order valence-electron chi connectivity index (χ4n) is 3.60. The molecule has 0 fully saturated rings. The highest BCUT2D eigenvalue weighted by molar-refractivity contribution is 5.95. The standard InChI is InChI=1S/C20H19N7O/c21-20(28)27-7-4-12(5-8-27)18-10-15-17(3-6-22-19(15)25-18)24-14-1-2-16-13(9-14)11-23-26-16/h1-4,6,9-11H,5,7-8H2,(H2,21,28)(H,23,26)(H2,22,24,25). The first-order valence-corrected chi connectivity index (χ1v) is 9.09. The van der Waals surface area contributed by atoms with E-state index in [1.54, 1.807) is 11.1 Å². The first-order chi connectivity index (χ1) is 13.7. The predicted molar refractivity (Wildman–Crippen MR) is 109 cm³/mol. The van der Waals surface area contributed by atoms with Crippen LogP contribution in [-0.4, -0.2) is 44.2 Å². The summed E-state index contributed by atoms with van der Waals surface area (Å²) in [6.07, 6.45) is 6.39. The molecule has 1 aliphatic heterocycles. The van der Waals surface area contributed by atoms with Crippen molar-refractivity contribution in [2.75, 3.05) is 18.4 Å². The number of nitrogens with zero attached hydrogens (tertiary/aromatic N) is 3. The quantitative estimate of drug-likeness (QED) is 0.441. The molecule has 3 aromatic heterocycles. The number of carbonyl (C=O) groups is 1. The number of benzene rings is 1. The second kappa shape index (κ2) is 6.41. The number of primary amides is 1. The van der Waals surface area contributed by atoms with Gasteiger partial charge in [-0.25, -0.2) is 9.78 Å². The van der Waals surface area contributed by atoms with Crippen LogP contribution in [0, 0.1) is 0 Å². The molecule has 5 N–H and O–H groups in total. The van der Waals surface area contributed by atoms with E-state index in [1.165, 1.54) is 5.57 Å². The van der Waals surface area contributed by atoms with E-state index >= 15 is 0 Å². The molecular formula is C20H19N7O. The molecule has 28 heavy (non-hydrogen) atoms. The van der Waals surface area contributed by atoms with Crippen molar-refractivity contribution in [2.24, 2.45) is 5.73 Å². The normalized spacial score (nSPS) is 14.4. The third-order valence-electron chi connectivity index (χ3n) is 5.12. The van der Waals surface area contributed by atoms with Crippen LogP contribution in [0.15, 0.2) is 48.8 Å². The van der Waals surface area contributed by atoms with Gasteiger partial charge in [0.15, 0.2) is 0 Å². The molecule has 5 rings (SSSR count). The van der Waals surface area contributed by atoms with E-state index in [1.807, 2.05) is 30.5 Å². The Morgan fingerprint density at radius 1 is 1.25 bits per heavy atom. The predicted octanol–water partition coefficient (Wildman–Crippen LogP) is 3.35. The van der Waals surface area contributed by atoms with E-state index in [9.17, 15) is 4.79 Å². The maximum atomic E-state index is 11.3. The monoisotopic (exact) mass is 373 g/mol. The zero-order valence-corrected chi connectivity index (χ0v) is 15.1. The average Bonchev–Trinajstić information content (AvgIpc) is 3.35. The number of amides is 2. The molecule has 0 unspecified atom stereocenters. The molecule has 0 spiro atoms. The van der Waals surface area contributed by atoms with Gasteiger partial charge < -0.3 is 20.9 Å². The van der Waals surface area contributed by atoms with Crippen LogP contribution in [0.4, 0.5) is 16.2 Å². The number of H-pyrrole nitrogens is 2. The van der Waals surface area contributed by atoms with Crippen molar-refractivity contribution in [1.29, 1.82) is 0 Å². The van der Waals surface area contributed by atoms with Crippen LogP contribution in [0.1, 0.15) is 12.1 Å². The Labute approximate surface area is 160 Å². The lowest BCUT2D eigenvalue weighted by Crippen LogP contribution is -2.38. The van der Waals surface area contributed by atoms with Crippen molar-refractivity contribution >= 4 is 44.9 Å². The third kappa shape index (κ3) is 2.84. The lowest BCUT2D eigenvalue weighted by molar-refractivity contribution is 0.213. The Bertz CT molecular complexity index is 1220. The van der Waals surface area contributed by atoms with Crippen molar-refractivity contribution in [2.45, 2.75) is 6.42 Å². The number of aromatic nitrogens is 4. The molecule has 4 heterocycles. The maximum absolute atomic E-state index is 11.3. The number of rotatable bonds is 3. The van der Waals surface area contributed by atoms with E-state index < -0.39 is 0 Å². The highest BCUT2D eigenvalue weighted by Gasteiger charge is 2.17. The first kappa shape index (κ1) is 16.4. The van der Waals surface area contributed by atoms with E-state index in [-0.39, 0.29) is 6.03 Å². The van der Waals surface area contributed by atoms with E-state index in [2.05, 4.69) is 37.6 Å². The zero-order chi connectivity index (χ0) is 19.1. The van der Waals surface area contributed by atoms with E-state index in [0.717, 1.165) is 45.4 Å². The van der Waals surface area contributed by atoms with Crippen molar-refractivity contribution in [3.63, 3.8) is 0 Å². The van der Waals surface area contributed by atoms with Gasteiger partial charge in [0, 0.05) is 41.4 Å². The summed E-state index contributed by atoms with van der Waals surface area (Å²) in [6, 6.07) is 9.76. The molecule has 0 saturated carbocycles. The van der Waals surface area contributed by atoms with E-state index in [0.29, 0.717) is 13.1 Å². The number of hydrogen-bond acceptors (Lipinski definition) is 4. The van der Waals surface area contributed by atoms with Gasteiger partial charge in [-0.3, -0.25) is 5.10 Å². The van der Waals surface area contributed by atoms with E-state index in [4.69, 9.17) is 5.73 Å². The molecule has 0 bridgehead atoms. The van der Waals surface area contributed by atoms with Gasteiger partial charge in [-0.1, -0.05) is 6.08 Å². The second-order valence-corrected chi connectivity index (χ2v) is 6.86. The summed E-state index contributed by atoms with van der Waals surface area (Å²) in [6.45, 7) is 1.16. The number of aromatic amines is 2. The van der Waals surface area contributed by atoms with Gasteiger partial charge in [0.1, 0.15) is 5.65 Å². The molecule has 140 valence electrons. The lowest BCUT2D eigenvalue weighted by atomic mass is 10.0. The van der Waals surface area contributed by atoms with Crippen LogP contribution in [0.2, 0.25) is 0 Å². The fraction of sp³-hybridized carbons (Fsp3) is 0.150. The van der Waals surface area contributed by atoms with Crippen molar-refractivity contribution in [3.05, 3.63) is 54.5 Å². The Balaban J connectivity index is 1.46. The highest BCUT2D eigenvalue weighted by Crippen LogP contribution is 2.30. The summed E-state index contributed by atoms with van der Waals surface area (Å²) in [5, 5.41) is 12.6. The molecule has 8 heteroatoms. The molecule has 1 aliphatic rings. The Hall–Kier alpha value is -3.81. The third-order valence-corrected chi connectivity index (χ3v) is 5.12. The average molecular weight is 373 g/mol. The van der Waals surface area contributed by atoms with Crippen LogP contribution in [0.25, 0.3) is 27.5 Å². The van der Waals surface area contributed by atoms with Gasteiger partial charge in [0.05, 0.1) is 17.4 Å². The Morgan fingerprint density at radius 3 is 3.00 bits per heavy atom. The lowest BCUT2D eigenvalue weighted by Gasteiger charge is -2.24. The summed E-state index contributed by atoms with van der Waals surface area (Å²) in [4.78, 5) is 20.8. The minimum atomic E-state index is -0.380. The second-order valence-electron chi connectivity index (χ2n) is 6.86. The summed E-state index contributed by atoms with van der Waals surface area (Å²) in [5.41, 5.74) is 11.3. The molecule has 8 nitrogen and oxygen atoms in total. The molecule has 4 aromatic rings. The number of fused-ring (bicyclic) bond motifs is 2. The van der Waals surface area contributed by atoms with Gasteiger partial charge in [-0.05, 0) is 42.3 Å². The first-order valence-electron chi connectivity index (χ1n) is 9.09. The largest absolute Gasteiger partial charge is 0.355 e. The number of nitrogens with two attached hydrogens (primary N) is 1. The van der Waals surface area contributed by atoms with Crippen molar-refractivity contribution in [1.82, 2.24) is 25.1 Å². The van der Waals surface area contributed by atoms with Crippen LogP contribution < -0.4 is 11.1 Å². The van der Waals surface area contributed by atoms with Crippen LogP contribution in [0.5, 0.6) is 0 Å². The smallest absolute Gasteiger partial charge is 0.315 e. The SMILES string of the molecule is NC(=O)N1CC=C(c2cc3c(Nc4ccc5[nH]ncc5c4)ccnc3[nH]2)CC1. The van der Waals surface area contributed by atoms with Crippen molar-refractivity contribution in [3.8, 4) is 0 Å². The van der Waals surface area contributed by atoms with Gasteiger partial charge in [-0.2, -0.15) is 5.10 Å². The number of anilines is 2. The number of nitrogens with one attached hydrogen (secondary N) is 3. The number of urea groups is 1. The van der Waals surface area contributed by atoms with Crippen molar-refractivity contribution < 1.29 is 4.79 Å². The summed E-state index contributed by atoms with van der Waals surface area (Å²) >= 11 is 0. The Morgan fingerprint density at radius 2 is 2.18 bits per heavy atom. The summed E-state index contributed by atoms with van der Waals surface area (Å²) in [7, 11) is 0. The van der Waals surface area contributed by atoms with Gasteiger partial charge in [-0.15, -0.1) is 0 Å². The minimum Gasteiger partial charge on any atom is -0.355 e. The highest BCUT2D eigenvalue weighted by atomic mass is 16.2. The molecule has 0 saturated heterocycles. The molecule has 0 atom stereocenters. The van der Waals surface area contributed by atoms with Gasteiger partial charge in [0.25, 0.3) is 0 Å². The molecule has 0 aliphatic carbocycles. The Kier molecular flexibility index (Phi) is 3.75. The summed E-state index contributed by atoms with van der Waals surface area (Å²) in [5.74, 6) is 0. The van der Waals surface area contributed by atoms with Gasteiger partial charge in [0.2, 0.25) is 0 Å². The van der Waals surface area contributed by atoms with Crippen LogP contribution >= 0.6 is 0 Å². The number of hydrogen-bond donors (Lipinski definition) is 4. The zero-order valence-electron chi connectivity index (χ0n) is 15.1. The minimum absolute atomic E-state index is 0.380. The van der Waals surface area contributed by atoms with Gasteiger partial charge >= 0.3 is 6.03 Å². The summed E-state index contributed by atoms with van der Waals surface area (Å²) < 4.78 is 0. The number of pyridine rings is 1. The molecule has 2 amide bonds. The maximum Gasteiger partial charge on any atom is 0.315 e. The molecule has 0 radical (unpaired) electrons. The fourth-order valence-corrected chi connectivity index (χ4v) is 3.60.